The summed E-state index contributed by atoms with van der Waals surface area (Å²) in [6.45, 7) is 3.68. The number of nitrogens with one attached hydrogen (secondary N) is 1. The summed E-state index contributed by atoms with van der Waals surface area (Å²) in [6, 6.07) is 14.2. The first-order valence-corrected chi connectivity index (χ1v) is 9.30. The summed E-state index contributed by atoms with van der Waals surface area (Å²) >= 11 is 0. The molecule has 4 heteroatoms. The Morgan fingerprint density at radius 2 is 1.96 bits per heavy atom. The topological polar surface area (TPSA) is 62.1 Å². The van der Waals surface area contributed by atoms with Crippen molar-refractivity contribution in [1.29, 1.82) is 0 Å². The van der Waals surface area contributed by atoms with Gasteiger partial charge in [-0.3, -0.25) is 4.79 Å². The molecule has 1 aliphatic rings. The number of piperidine rings is 1. The summed E-state index contributed by atoms with van der Waals surface area (Å²) in [5.41, 5.74) is 11.3. The van der Waals surface area contributed by atoms with E-state index in [4.69, 9.17) is 5.73 Å². The smallest absolute Gasteiger partial charge is 0.227 e. The molecule has 134 valence electrons. The van der Waals surface area contributed by atoms with E-state index in [0.29, 0.717) is 12.3 Å². The average Bonchev–Trinajstić information content (AvgIpc) is 3.09. The molecule has 26 heavy (non-hydrogen) atoms. The quantitative estimate of drug-likeness (QED) is 0.703. The van der Waals surface area contributed by atoms with Gasteiger partial charge in [0.05, 0.1) is 6.42 Å². The monoisotopic (exact) mass is 347 g/mol. The maximum absolute atomic E-state index is 12.7. The lowest BCUT2D eigenvalue weighted by atomic mass is 9.89. The number of nitrogen functional groups attached to an aromatic ring is 1. The number of anilines is 1. The number of fused-ring (bicyclic) bond motifs is 1. The van der Waals surface area contributed by atoms with Crippen LogP contribution in [0.25, 0.3) is 10.9 Å². The molecule has 1 aliphatic heterocycles. The van der Waals surface area contributed by atoms with Crippen LogP contribution in [0.5, 0.6) is 0 Å². The number of carbonyl (C=O) groups excluding carboxylic acids is 1. The van der Waals surface area contributed by atoms with Crippen LogP contribution in [0.2, 0.25) is 0 Å². The molecule has 2 aromatic carbocycles. The molecule has 0 spiro atoms. The predicted octanol–water partition coefficient (Wildman–Crippen LogP) is 4.01. The molecule has 0 aliphatic carbocycles. The number of rotatable bonds is 3. The maximum atomic E-state index is 12.7. The zero-order chi connectivity index (χ0) is 18.1. The number of aromatic nitrogens is 1. The number of amides is 1. The SMILES string of the molecule is Cc1ccc(N)cc1CC(=O)N1CCC(c2c[nH]c3ccccc23)CC1. The lowest BCUT2D eigenvalue weighted by molar-refractivity contribution is -0.131. The van der Waals surface area contributed by atoms with Crippen molar-refractivity contribution in [2.45, 2.75) is 32.1 Å². The molecule has 1 aromatic heterocycles. The van der Waals surface area contributed by atoms with Crippen LogP contribution < -0.4 is 5.73 Å². The van der Waals surface area contributed by atoms with Crippen molar-refractivity contribution in [2.24, 2.45) is 0 Å². The Hall–Kier alpha value is -2.75. The zero-order valence-corrected chi connectivity index (χ0v) is 15.2. The van der Waals surface area contributed by atoms with Crippen molar-refractivity contribution in [1.82, 2.24) is 9.88 Å². The Morgan fingerprint density at radius 1 is 1.19 bits per heavy atom. The largest absolute Gasteiger partial charge is 0.399 e. The van der Waals surface area contributed by atoms with Gasteiger partial charge in [-0.25, -0.2) is 0 Å². The second-order valence-electron chi connectivity index (χ2n) is 7.31. The number of aromatic amines is 1. The third-order valence-electron chi connectivity index (χ3n) is 5.62. The van der Waals surface area contributed by atoms with Crippen molar-refractivity contribution in [3.63, 3.8) is 0 Å². The molecule has 1 fully saturated rings. The lowest BCUT2D eigenvalue weighted by Crippen LogP contribution is -2.38. The molecule has 0 bridgehead atoms. The van der Waals surface area contributed by atoms with Crippen LogP contribution in [0.1, 0.15) is 35.4 Å². The lowest BCUT2D eigenvalue weighted by Gasteiger charge is -2.32. The van der Waals surface area contributed by atoms with E-state index in [1.165, 1.54) is 16.5 Å². The summed E-state index contributed by atoms with van der Waals surface area (Å²) < 4.78 is 0. The van der Waals surface area contributed by atoms with Gasteiger partial charge in [0.1, 0.15) is 0 Å². The van der Waals surface area contributed by atoms with Crippen molar-refractivity contribution < 1.29 is 4.79 Å². The van der Waals surface area contributed by atoms with Gasteiger partial charge >= 0.3 is 0 Å². The third kappa shape index (κ3) is 3.19. The first-order chi connectivity index (χ1) is 12.6. The first kappa shape index (κ1) is 16.7. The zero-order valence-electron chi connectivity index (χ0n) is 15.2. The normalized spacial score (nSPS) is 15.5. The fourth-order valence-electron chi connectivity index (χ4n) is 4.03. The van der Waals surface area contributed by atoms with E-state index < -0.39 is 0 Å². The second kappa shape index (κ2) is 6.87. The molecule has 3 N–H and O–H groups in total. The van der Waals surface area contributed by atoms with Gasteiger partial charge in [0.25, 0.3) is 0 Å². The number of benzene rings is 2. The van der Waals surface area contributed by atoms with Gasteiger partial charge in [-0.1, -0.05) is 24.3 Å². The Kier molecular flexibility index (Phi) is 4.41. The van der Waals surface area contributed by atoms with Crippen molar-refractivity contribution in [2.75, 3.05) is 18.8 Å². The summed E-state index contributed by atoms with van der Waals surface area (Å²) in [5, 5.41) is 1.31. The van der Waals surface area contributed by atoms with Gasteiger partial charge in [-0.05, 0) is 60.6 Å². The molecule has 3 aromatic rings. The summed E-state index contributed by atoms with van der Waals surface area (Å²) in [4.78, 5) is 18.1. The molecule has 4 nitrogen and oxygen atoms in total. The molecule has 4 rings (SSSR count). The van der Waals surface area contributed by atoms with E-state index in [1.807, 2.05) is 30.0 Å². The minimum atomic E-state index is 0.205. The van der Waals surface area contributed by atoms with Crippen LogP contribution in [-0.4, -0.2) is 28.9 Å². The van der Waals surface area contributed by atoms with Crippen LogP contribution in [0, 0.1) is 6.92 Å². The van der Waals surface area contributed by atoms with Gasteiger partial charge < -0.3 is 15.6 Å². The summed E-state index contributed by atoms with van der Waals surface area (Å²) in [7, 11) is 0. The first-order valence-electron chi connectivity index (χ1n) is 9.30. The maximum Gasteiger partial charge on any atom is 0.227 e. The standard InChI is InChI=1S/C22H25N3O/c1-15-6-7-18(23)12-17(15)13-22(26)25-10-8-16(9-11-25)20-14-24-21-5-3-2-4-19(20)21/h2-7,12,14,16,24H,8-11,13,23H2,1H3. The van der Waals surface area contributed by atoms with E-state index >= 15 is 0 Å². The van der Waals surface area contributed by atoms with Crippen molar-refractivity contribution in [3.05, 3.63) is 65.4 Å². The fraction of sp³-hybridized carbons (Fsp3) is 0.318. The van der Waals surface area contributed by atoms with E-state index in [0.717, 1.165) is 42.7 Å². The molecule has 1 amide bonds. The second-order valence-corrected chi connectivity index (χ2v) is 7.31. The van der Waals surface area contributed by atoms with Gasteiger partial charge in [-0.15, -0.1) is 0 Å². The summed E-state index contributed by atoms with van der Waals surface area (Å²) in [5.74, 6) is 0.723. The number of hydrogen-bond donors (Lipinski definition) is 2. The van der Waals surface area contributed by atoms with Crippen LogP contribution in [0.15, 0.2) is 48.7 Å². The number of nitrogens with two attached hydrogens (primary N) is 1. The van der Waals surface area contributed by atoms with Crippen molar-refractivity contribution >= 4 is 22.5 Å². The Morgan fingerprint density at radius 3 is 2.77 bits per heavy atom. The molecular weight excluding hydrogens is 322 g/mol. The molecule has 1 saturated heterocycles. The highest BCUT2D eigenvalue weighted by Crippen LogP contribution is 2.33. The number of aryl methyl sites for hydroxylation is 1. The van der Waals surface area contributed by atoms with Gasteiger partial charge in [0.2, 0.25) is 5.91 Å². The predicted molar refractivity (Wildman–Crippen MR) is 106 cm³/mol. The third-order valence-corrected chi connectivity index (χ3v) is 5.62. The minimum absolute atomic E-state index is 0.205. The highest BCUT2D eigenvalue weighted by molar-refractivity contribution is 5.84. The van der Waals surface area contributed by atoms with Crippen LogP contribution in [0.3, 0.4) is 0 Å². The number of likely N-dealkylation sites (tertiary alicyclic amines) is 1. The van der Waals surface area contributed by atoms with Crippen LogP contribution in [-0.2, 0) is 11.2 Å². The highest BCUT2D eigenvalue weighted by atomic mass is 16.2. The summed E-state index contributed by atoms with van der Waals surface area (Å²) in [6.07, 6.45) is 4.62. The molecule has 2 heterocycles. The molecule has 0 unspecified atom stereocenters. The molecular formula is C22H25N3O. The van der Waals surface area contributed by atoms with Crippen LogP contribution in [0.4, 0.5) is 5.69 Å². The molecule has 0 radical (unpaired) electrons. The number of para-hydroxylation sites is 1. The van der Waals surface area contributed by atoms with Crippen LogP contribution >= 0.6 is 0 Å². The highest BCUT2D eigenvalue weighted by Gasteiger charge is 2.25. The molecule has 0 saturated carbocycles. The Bertz CT molecular complexity index is 935. The van der Waals surface area contributed by atoms with Gasteiger partial charge in [-0.2, -0.15) is 0 Å². The van der Waals surface area contributed by atoms with Gasteiger partial charge in [0, 0.05) is 35.9 Å². The fourth-order valence-corrected chi connectivity index (χ4v) is 4.03. The van der Waals surface area contributed by atoms with E-state index in [1.54, 1.807) is 0 Å². The van der Waals surface area contributed by atoms with Gasteiger partial charge in [0.15, 0.2) is 0 Å². The number of H-pyrrole nitrogens is 1. The Labute approximate surface area is 154 Å². The van der Waals surface area contributed by atoms with Crippen molar-refractivity contribution in [3.8, 4) is 0 Å². The Balaban J connectivity index is 1.41. The van der Waals surface area contributed by atoms with E-state index in [9.17, 15) is 4.79 Å². The van der Waals surface area contributed by atoms with E-state index in [-0.39, 0.29) is 5.91 Å². The number of hydrogen-bond acceptors (Lipinski definition) is 2. The van der Waals surface area contributed by atoms with E-state index in [2.05, 4.69) is 35.4 Å². The number of carbonyl (C=O) groups is 1. The minimum Gasteiger partial charge on any atom is -0.399 e. The number of nitrogens with zero attached hydrogens (tertiary/aromatic N) is 1. The molecule has 0 atom stereocenters. The average molecular weight is 347 g/mol.